The number of aromatic nitrogens is 2. The van der Waals surface area contributed by atoms with Gasteiger partial charge in [0.1, 0.15) is 12.0 Å². The standard InChI is InChI=1S/C45H31N5/c1-3-13-30(14-4-1)43-46-44(31-23-26-34(27-24-31)50-39-20-10-7-17-35(39)36-18-8-11-21-40(36)50)48-45(47-43)32-25-28-42-38(29-32)37-19-9-12-22-41(37)49(42)33-15-5-2-6-16-33/h1-29,43H,(H,46,47,48). The molecule has 5 nitrogen and oxygen atoms in total. The fourth-order valence-electron chi connectivity index (χ4n) is 7.47. The highest BCUT2D eigenvalue weighted by Gasteiger charge is 2.22. The monoisotopic (exact) mass is 641 g/mol. The lowest BCUT2D eigenvalue weighted by Gasteiger charge is -2.24. The minimum atomic E-state index is -0.280. The van der Waals surface area contributed by atoms with Crippen LogP contribution in [0.2, 0.25) is 0 Å². The largest absolute Gasteiger partial charge is 0.344 e. The topological polar surface area (TPSA) is 46.6 Å². The van der Waals surface area contributed by atoms with Gasteiger partial charge in [0, 0.05) is 44.0 Å². The number of para-hydroxylation sites is 4. The summed E-state index contributed by atoms with van der Waals surface area (Å²) < 4.78 is 4.67. The van der Waals surface area contributed by atoms with E-state index in [2.05, 4.69) is 184 Å². The summed E-state index contributed by atoms with van der Waals surface area (Å²) in [4.78, 5) is 10.3. The molecule has 0 amide bonds. The Morgan fingerprint density at radius 2 is 0.900 bits per heavy atom. The zero-order valence-electron chi connectivity index (χ0n) is 27.1. The quantitative estimate of drug-likeness (QED) is 0.200. The van der Waals surface area contributed by atoms with Crippen molar-refractivity contribution < 1.29 is 0 Å². The second-order valence-corrected chi connectivity index (χ2v) is 12.7. The molecular formula is C45H31N5. The number of fused-ring (bicyclic) bond motifs is 6. The van der Waals surface area contributed by atoms with E-state index in [4.69, 9.17) is 9.98 Å². The third-order valence-corrected chi connectivity index (χ3v) is 9.78. The molecule has 1 unspecified atom stereocenters. The molecule has 7 aromatic carbocycles. The van der Waals surface area contributed by atoms with Gasteiger partial charge in [0.05, 0.1) is 22.1 Å². The first-order chi connectivity index (χ1) is 24.8. The number of amidine groups is 2. The molecule has 2 aromatic heterocycles. The maximum absolute atomic E-state index is 5.18. The minimum Gasteiger partial charge on any atom is -0.344 e. The zero-order chi connectivity index (χ0) is 33.0. The lowest BCUT2D eigenvalue weighted by Crippen LogP contribution is -2.33. The molecule has 1 aliphatic heterocycles. The summed E-state index contributed by atoms with van der Waals surface area (Å²) in [5, 5.41) is 8.55. The average molecular weight is 642 g/mol. The highest BCUT2D eigenvalue weighted by molar-refractivity contribution is 6.16. The Morgan fingerprint density at radius 1 is 0.420 bits per heavy atom. The predicted molar refractivity (Wildman–Crippen MR) is 207 cm³/mol. The Labute approximate surface area is 289 Å². The van der Waals surface area contributed by atoms with Crippen molar-refractivity contribution in [2.24, 2.45) is 9.98 Å². The van der Waals surface area contributed by atoms with E-state index in [1.807, 2.05) is 6.07 Å². The molecule has 1 aliphatic rings. The van der Waals surface area contributed by atoms with Crippen LogP contribution in [0.1, 0.15) is 22.9 Å². The van der Waals surface area contributed by atoms with E-state index in [9.17, 15) is 0 Å². The number of aliphatic imine (C=N–C) groups is 2. The minimum absolute atomic E-state index is 0.280. The highest BCUT2D eigenvalue weighted by atomic mass is 15.2. The van der Waals surface area contributed by atoms with Crippen molar-refractivity contribution in [2.45, 2.75) is 6.17 Å². The SMILES string of the molecule is c1ccc(C2N=C(c3ccc(-n4c5ccccc5c5ccccc54)cc3)N=C(c3ccc4c(c3)c3ccccc3n4-c3ccccc3)N2)cc1. The third-order valence-electron chi connectivity index (χ3n) is 9.78. The van der Waals surface area contributed by atoms with Crippen LogP contribution in [0.4, 0.5) is 0 Å². The van der Waals surface area contributed by atoms with Crippen LogP contribution >= 0.6 is 0 Å². The number of hydrogen-bond acceptors (Lipinski definition) is 3. The second kappa shape index (κ2) is 11.5. The predicted octanol–water partition coefficient (Wildman–Crippen LogP) is 10.4. The molecule has 0 fully saturated rings. The molecule has 1 N–H and O–H groups in total. The zero-order valence-corrected chi connectivity index (χ0v) is 27.1. The molecule has 10 rings (SSSR count). The summed E-state index contributed by atoms with van der Waals surface area (Å²) in [6.45, 7) is 0. The average Bonchev–Trinajstić information content (AvgIpc) is 3.71. The Bertz CT molecular complexity index is 2720. The molecule has 0 spiro atoms. The molecule has 9 aromatic rings. The summed E-state index contributed by atoms with van der Waals surface area (Å²) in [6.07, 6.45) is -0.280. The summed E-state index contributed by atoms with van der Waals surface area (Å²) in [5.74, 6) is 1.50. The normalized spacial score (nSPS) is 14.6. The van der Waals surface area contributed by atoms with E-state index in [0.29, 0.717) is 5.84 Å². The van der Waals surface area contributed by atoms with Crippen molar-refractivity contribution >= 4 is 55.3 Å². The van der Waals surface area contributed by atoms with Gasteiger partial charge in [0.25, 0.3) is 0 Å². The summed E-state index contributed by atoms with van der Waals surface area (Å²) in [6, 6.07) is 62.0. The molecule has 0 saturated carbocycles. The van der Waals surface area contributed by atoms with Crippen molar-refractivity contribution in [2.75, 3.05) is 0 Å². The van der Waals surface area contributed by atoms with E-state index in [1.54, 1.807) is 0 Å². The van der Waals surface area contributed by atoms with Crippen LogP contribution in [0.3, 0.4) is 0 Å². The lowest BCUT2D eigenvalue weighted by molar-refractivity contribution is 0.674. The van der Waals surface area contributed by atoms with Crippen molar-refractivity contribution in [1.82, 2.24) is 14.5 Å². The Hall–Kier alpha value is -6.72. The van der Waals surface area contributed by atoms with Crippen molar-refractivity contribution in [1.29, 1.82) is 0 Å². The van der Waals surface area contributed by atoms with Crippen LogP contribution in [0, 0.1) is 0 Å². The van der Waals surface area contributed by atoms with Gasteiger partial charge in [0.2, 0.25) is 0 Å². The number of rotatable bonds is 5. The maximum atomic E-state index is 5.18. The van der Waals surface area contributed by atoms with Crippen molar-refractivity contribution in [3.63, 3.8) is 0 Å². The molecule has 0 bridgehead atoms. The Morgan fingerprint density at radius 3 is 1.52 bits per heavy atom. The number of nitrogens with one attached hydrogen (secondary N) is 1. The van der Waals surface area contributed by atoms with Gasteiger partial charge in [0.15, 0.2) is 5.84 Å². The molecule has 0 aliphatic carbocycles. The van der Waals surface area contributed by atoms with E-state index in [0.717, 1.165) is 39.4 Å². The first kappa shape index (κ1) is 28.3. The van der Waals surface area contributed by atoms with Gasteiger partial charge in [-0.3, -0.25) is 0 Å². The van der Waals surface area contributed by atoms with Crippen LogP contribution in [0.15, 0.2) is 186 Å². The Balaban J connectivity index is 1.09. The second-order valence-electron chi connectivity index (χ2n) is 12.7. The summed E-state index contributed by atoms with van der Waals surface area (Å²) in [5.41, 5.74) is 10.0. The van der Waals surface area contributed by atoms with Gasteiger partial charge in [-0.05, 0) is 78.4 Å². The van der Waals surface area contributed by atoms with Crippen LogP contribution in [-0.4, -0.2) is 20.8 Å². The number of nitrogens with zero attached hydrogens (tertiary/aromatic N) is 4. The molecule has 50 heavy (non-hydrogen) atoms. The van der Waals surface area contributed by atoms with Crippen LogP contribution in [0.5, 0.6) is 0 Å². The summed E-state index contributed by atoms with van der Waals surface area (Å²) >= 11 is 0. The first-order valence-corrected chi connectivity index (χ1v) is 17.0. The van der Waals surface area contributed by atoms with Gasteiger partial charge in [-0.2, -0.15) is 0 Å². The number of hydrogen-bond donors (Lipinski definition) is 1. The van der Waals surface area contributed by atoms with Gasteiger partial charge >= 0.3 is 0 Å². The lowest BCUT2D eigenvalue weighted by atomic mass is 10.1. The van der Waals surface area contributed by atoms with E-state index in [1.165, 1.54) is 38.1 Å². The van der Waals surface area contributed by atoms with Crippen molar-refractivity contribution in [3.05, 3.63) is 193 Å². The van der Waals surface area contributed by atoms with Gasteiger partial charge in [-0.1, -0.05) is 103 Å². The fourth-order valence-corrected chi connectivity index (χ4v) is 7.47. The molecule has 5 heteroatoms. The Kier molecular flexibility index (Phi) is 6.49. The van der Waals surface area contributed by atoms with Gasteiger partial charge < -0.3 is 14.5 Å². The van der Waals surface area contributed by atoms with Crippen molar-refractivity contribution in [3.8, 4) is 11.4 Å². The molecular weight excluding hydrogens is 611 g/mol. The van der Waals surface area contributed by atoms with Gasteiger partial charge in [-0.25, -0.2) is 9.98 Å². The van der Waals surface area contributed by atoms with Gasteiger partial charge in [-0.15, -0.1) is 0 Å². The fraction of sp³-hybridized carbons (Fsp3) is 0.0222. The van der Waals surface area contributed by atoms with E-state index < -0.39 is 0 Å². The van der Waals surface area contributed by atoms with Crippen LogP contribution < -0.4 is 5.32 Å². The molecule has 1 atom stereocenters. The first-order valence-electron chi connectivity index (χ1n) is 17.0. The smallest absolute Gasteiger partial charge is 0.159 e. The maximum Gasteiger partial charge on any atom is 0.159 e. The summed E-state index contributed by atoms with van der Waals surface area (Å²) in [7, 11) is 0. The highest BCUT2D eigenvalue weighted by Crippen LogP contribution is 2.34. The molecule has 236 valence electrons. The molecule has 3 heterocycles. The molecule has 0 saturated heterocycles. The van der Waals surface area contributed by atoms with Crippen LogP contribution in [0.25, 0.3) is 55.0 Å². The number of benzene rings is 7. The van der Waals surface area contributed by atoms with Crippen LogP contribution in [-0.2, 0) is 0 Å². The molecule has 0 radical (unpaired) electrons. The van der Waals surface area contributed by atoms with E-state index >= 15 is 0 Å². The van der Waals surface area contributed by atoms with E-state index in [-0.39, 0.29) is 6.17 Å². The third kappa shape index (κ3) is 4.55.